The third-order valence-electron chi connectivity index (χ3n) is 2.93. The Labute approximate surface area is 118 Å². The van der Waals surface area contributed by atoms with Gasteiger partial charge in [0, 0.05) is 17.9 Å². The molecule has 0 atom stereocenters. The van der Waals surface area contributed by atoms with E-state index in [1.165, 1.54) is 0 Å². The third kappa shape index (κ3) is 3.36. The Balaban J connectivity index is 2.15. The van der Waals surface area contributed by atoms with Gasteiger partial charge in [-0.05, 0) is 36.8 Å². The van der Waals surface area contributed by atoms with Crippen molar-refractivity contribution in [2.75, 3.05) is 17.2 Å². The molecule has 0 aliphatic heterocycles. The summed E-state index contributed by atoms with van der Waals surface area (Å²) in [6, 6.07) is 14.5. The van der Waals surface area contributed by atoms with Gasteiger partial charge in [-0.15, -0.1) is 0 Å². The highest BCUT2D eigenvalue weighted by atomic mass is 16.3. The maximum atomic E-state index is 12.3. The Bertz CT molecular complexity index is 579. The lowest BCUT2D eigenvalue weighted by molar-refractivity contribution is 0.102. The second kappa shape index (κ2) is 6.73. The fourth-order valence-electron chi connectivity index (χ4n) is 1.92. The van der Waals surface area contributed by atoms with Crippen molar-refractivity contribution in [3.8, 4) is 0 Å². The Morgan fingerprint density at radius 1 is 1.10 bits per heavy atom. The number of aliphatic hydroxyl groups excluding tert-OH is 1. The minimum absolute atomic E-state index is 0.00250. The van der Waals surface area contributed by atoms with Gasteiger partial charge in [0.05, 0.1) is 12.2 Å². The zero-order valence-electron chi connectivity index (χ0n) is 11.4. The van der Waals surface area contributed by atoms with E-state index >= 15 is 0 Å². The van der Waals surface area contributed by atoms with Crippen LogP contribution in [0.5, 0.6) is 0 Å². The molecule has 0 aromatic heterocycles. The monoisotopic (exact) mass is 270 g/mol. The zero-order chi connectivity index (χ0) is 14.4. The van der Waals surface area contributed by atoms with E-state index in [4.69, 9.17) is 5.11 Å². The van der Waals surface area contributed by atoms with E-state index in [2.05, 4.69) is 10.6 Å². The van der Waals surface area contributed by atoms with E-state index in [0.29, 0.717) is 11.3 Å². The van der Waals surface area contributed by atoms with Crippen molar-refractivity contribution in [3.05, 3.63) is 59.7 Å². The molecule has 0 radical (unpaired) electrons. The van der Waals surface area contributed by atoms with Crippen LogP contribution in [-0.2, 0) is 6.61 Å². The Morgan fingerprint density at radius 3 is 2.45 bits per heavy atom. The lowest BCUT2D eigenvalue weighted by atomic mass is 10.1. The molecule has 1 amide bonds. The molecule has 0 heterocycles. The SMILES string of the molecule is CCNc1ccccc1C(=O)Nc1ccc(CO)cc1. The largest absolute Gasteiger partial charge is 0.392 e. The standard InChI is InChI=1S/C16H18N2O2/c1-2-17-15-6-4-3-5-14(15)16(20)18-13-9-7-12(11-19)8-10-13/h3-10,17,19H,2,11H2,1H3,(H,18,20). The average Bonchev–Trinajstić information content (AvgIpc) is 2.49. The quantitative estimate of drug-likeness (QED) is 0.783. The molecule has 2 aromatic carbocycles. The van der Waals surface area contributed by atoms with Crippen LogP contribution < -0.4 is 10.6 Å². The Hall–Kier alpha value is -2.33. The predicted octanol–water partition coefficient (Wildman–Crippen LogP) is 2.86. The van der Waals surface area contributed by atoms with E-state index in [1.54, 1.807) is 30.3 Å². The maximum absolute atomic E-state index is 12.3. The van der Waals surface area contributed by atoms with E-state index in [0.717, 1.165) is 17.8 Å². The summed E-state index contributed by atoms with van der Waals surface area (Å²) in [4.78, 5) is 12.3. The van der Waals surface area contributed by atoms with Gasteiger partial charge in [-0.3, -0.25) is 4.79 Å². The van der Waals surface area contributed by atoms with Gasteiger partial charge in [-0.2, -0.15) is 0 Å². The molecule has 0 aliphatic rings. The van der Waals surface area contributed by atoms with Crippen LogP contribution in [0.4, 0.5) is 11.4 Å². The van der Waals surface area contributed by atoms with Crippen LogP contribution in [0, 0.1) is 0 Å². The first-order valence-electron chi connectivity index (χ1n) is 6.58. The van der Waals surface area contributed by atoms with Crippen molar-refractivity contribution in [1.29, 1.82) is 0 Å². The minimum atomic E-state index is -0.154. The highest BCUT2D eigenvalue weighted by molar-refractivity contribution is 6.08. The van der Waals surface area contributed by atoms with E-state index in [1.807, 2.05) is 25.1 Å². The number of anilines is 2. The lowest BCUT2D eigenvalue weighted by Gasteiger charge is -2.11. The maximum Gasteiger partial charge on any atom is 0.257 e. The van der Waals surface area contributed by atoms with Gasteiger partial charge in [0.25, 0.3) is 5.91 Å². The number of para-hydroxylation sites is 1. The molecule has 0 fully saturated rings. The van der Waals surface area contributed by atoms with Crippen molar-refractivity contribution >= 4 is 17.3 Å². The second-order valence-electron chi connectivity index (χ2n) is 4.39. The van der Waals surface area contributed by atoms with Gasteiger partial charge < -0.3 is 15.7 Å². The van der Waals surface area contributed by atoms with Crippen molar-refractivity contribution in [2.45, 2.75) is 13.5 Å². The molecule has 2 aromatic rings. The summed E-state index contributed by atoms with van der Waals surface area (Å²) >= 11 is 0. The van der Waals surface area contributed by atoms with Crippen LogP contribution in [0.15, 0.2) is 48.5 Å². The number of amides is 1. The predicted molar refractivity (Wildman–Crippen MR) is 80.9 cm³/mol. The number of rotatable bonds is 5. The fraction of sp³-hybridized carbons (Fsp3) is 0.188. The van der Waals surface area contributed by atoms with Gasteiger partial charge in [0.15, 0.2) is 0 Å². The summed E-state index contributed by atoms with van der Waals surface area (Å²) in [7, 11) is 0. The molecule has 0 saturated carbocycles. The van der Waals surface area contributed by atoms with Crippen LogP contribution in [-0.4, -0.2) is 17.6 Å². The van der Waals surface area contributed by atoms with E-state index in [9.17, 15) is 4.79 Å². The molecular weight excluding hydrogens is 252 g/mol. The topological polar surface area (TPSA) is 61.4 Å². The molecule has 0 spiro atoms. The van der Waals surface area contributed by atoms with E-state index in [-0.39, 0.29) is 12.5 Å². The third-order valence-corrected chi connectivity index (χ3v) is 2.93. The van der Waals surface area contributed by atoms with Crippen molar-refractivity contribution in [2.24, 2.45) is 0 Å². The average molecular weight is 270 g/mol. The number of carbonyl (C=O) groups excluding carboxylic acids is 1. The molecule has 0 unspecified atom stereocenters. The smallest absolute Gasteiger partial charge is 0.257 e. The first-order chi connectivity index (χ1) is 9.74. The highest BCUT2D eigenvalue weighted by Crippen LogP contribution is 2.17. The van der Waals surface area contributed by atoms with E-state index < -0.39 is 0 Å². The van der Waals surface area contributed by atoms with Crippen molar-refractivity contribution in [3.63, 3.8) is 0 Å². The number of hydrogen-bond donors (Lipinski definition) is 3. The summed E-state index contributed by atoms with van der Waals surface area (Å²) in [5, 5.41) is 15.0. The van der Waals surface area contributed by atoms with Crippen LogP contribution in [0.2, 0.25) is 0 Å². The first-order valence-corrected chi connectivity index (χ1v) is 6.58. The Morgan fingerprint density at radius 2 is 1.80 bits per heavy atom. The normalized spacial score (nSPS) is 10.1. The lowest BCUT2D eigenvalue weighted by Crippen LogP contribution is -2.14. The second-order valence-corrected chi connectivity index (χ2v) is 4.39. The summed E-state index contributed by atoms with van der Waals surface area (Å²) in [5.74, 6) is -0.154. The van der Waals surface area contributed by atoms with Crippen molar-refractivity contribution < 1.29 is 9.90 Å². The molecular formula is C16H18N2O2. The zero-order valence-corrected chi connectivity index (χ0v) is 11.4. The highest BCUT2D eigenvalue weighted by Gasteiger charge is 2.10. The molecule has 4 nitrogen and oxygen atoms in total. The summed E-state index contributed by atoms with van der Waals surface area (Å²) in [6.45, 7) is 2.75. The summed E-state index contributed by atoms with van der Waals surface area (Å²) < 4.78 is 0. The van der Waals surface area contributed by atoms with Gasteiger partial charge >= 0.3 is 0 Å². The van der Waals surface area contributed by atoms with Crippen LogP contribution in [0.1, 0.15) is 22.8 Å². The number of nitrogens with one attached hydrogen (secondary N) is 2. The van der Waals surface area contributed by atoms with Crippen molar-refractivity contribution in [1.82, 2.24) is 0 Å². The molecule has 3 N–H and O–H groups in total. The van der Waals surface area contributed by atoms with Gasteiger partial charge in [0.2, 0.25) is 0 Å². The summed E-state index contributed by atoms with van der Waals surface area (Å²) in [5.41, 5.74) is 2.95. The molecule has 20 heavy (non-hydrogen) atoms. The molecule has 0 bridgehead atoms. The molecule has 0 saturated heterocycles. The first kappa shape index (κ1) is 14.1. The molecule has 2 rings (SSSR count). The number of carbonyl (C=O) groups is 1. The molecule has 4 heteroatoms. The molecule has 104 valence electrons. The van der Waals surface area contributed by atoms with Gasteiger partial charge in [-0.1, -0.05) is 24.3 Å². The Kier molecular flexibility index (Phi) is 4.74. The van der Waals surface area contributed by atoms with Crippen LogP contribution in [0.25, 0.3) is 0 Å². The fourth-order valence-corrected chi connectivity index (χ4v) is 1.92. The number of aliphatic hydroxyl groups is 1. The van der Waals surface area contributed by atoms with Crippen LogP contribution >= 0.6 is 0 Å². The van der Waals surface area contributed by atoms with Gasteiger partial charge in [0.1, 0.15) is 0 Å². The van der Waals surface area contributed by atoms with Gasteiger partial charge in [-0.25, -0.2) is 0 Å². The minimum Gasteiger partial charge on any atom is -0.392 e. The molecule has 0 aliphatic carbocycles. The number of hydrogen-bond acceptors (Lipinski definition) is 3. The summed E-state index contributed by atoms with van der Waals surface area (Å²) in [6.07, 6.45) is 0. The van der Waals surface area contributed by atoms with Crippen LogP contribution in [0.3, 0.4) is 0 Å². The number of benzene rings is 2.